The third-order valence-corrected chi connectivity index (χ3v) is 5.82. The number of aromatic nitrogens is 3. The predicted molar refractivity (Wildman–Crippen MR) is 123 cm³/mol. The molecule has 1 fully saturated rings. The lowest BCUT2D eigenvalue weighted by molar-refractivity contribution is -0.131. The normalized spacial score (nSPS) is 15.7. The van der Waals surface area contributed by atoms with Crippen molar-refractivity contribution in [2.24, 2.45) is 0 Å². The molecule has 33 heavy (non-hydrogen) atoms. The highest BCUT2D eigenvalue weighted by Gasteiger charge is 2.29. The molecule has 1 aromatic carbocycles. The fraction of sp³-hybridized carbons (Fsp3) is 0.375. The fourth-order valence-corrected chi connectivity index (χ4v) is 4.08. The van der Waals surface area contributed by atoms with Crippen molar-refractivity contribution in [2.45, 2.75) is 25.8 Å². The Bertz CT molecular complexity index is 1240. The Kier molecular flexibility index (Phi) is 6.79. The summed E-state index contributed by atoms with van der Waals surface area (Å²) in [6.45, 7) is 3.58. The van der Waals surface area contributed by atoms with Crippen LogP contribution in [-0.4, -0.2) is 64.8 Å². The van der Waals surface area contributed by atoms with Gasteiger partial charge in [0.1, 0.15) is 6.54 Å². The van der Waals surface area contributed by atoms with Crippen molar-refractivity contribution in [3.8, 4) is 0 Å². The van der Waals surface area contributed by atoms with Gasteiger partial charge in [0.2, 0.25) is 5.91 Å². The Hall–Kier alpha value is -3.59. The number of ether oxygens (including phenoxy) is 1. The van der Waals surface area contributed by atoms with Crippen LogP contribution >= 0.6 is 0 Å². The van der Waals surface area contributed by atoms with Gasteiger partial charge in [-0.1, -0.05) is 18.2 Å². The predicted octanol–water partition coefficient (Wildman–Crippen LogP) is 1.49. The second kappa shape index (κ2) is 9.91. The minimum Gasteiger partial charge on any atom is -0.383 e. The van der Waals surface area contributed by atoms with E-state index in [1.165, 1.54) is 10.7 Å². The number of likely N-dealkylation sites (tertiary alicyclic amines) is 1. The first-order valence-electron chi connectivity index (χ1n) is 11.0. The summed E-state index contributed by atoms with van der Waals surface area (Å²) < 4.78 is 6.22. The molecule has 1 N–H and O–H groups in total. The number of benzene rings is 1. The maximum Gasteiger partial charge on any atom is 0.267 e. The molecule has 172 valence electrons. The second-order valence-electron chi connectivity index (χ2n) is 8.16. The van der Waals surface area contributed by atoms with E-state index < -0.39 is 0 Å². The number of aryl methyl sites for hydroxylation is 1. The first-order chi connectivity index (χ1) is 16.0. The number of rotatable bonds is 7. The van der Waals surface area contributed by atoms with Gasteiger partial charge >= 0.3 is 0 Å². The van der Waals surface area contributed by atoms with Crippen LogP contribution in [0.2, 0.25) is 0 Å². The van der Waals surface area contributed by atoms with E-state index in [9.17, 15) is 14.4 Å². The molecule has 0 saturated carbocycles. The summed E-state index contributed by atoms with van der Waals surface area (Å²) in [5.41, 5.74) is 2.47. The number of pyridine rings is 1. The quantitative estimate of drug-likeness (QED) is 0.548. The average molecular weight is 450 g/mol. The van der Waals surface area contributed by atoms with Crippen molar-refractivity contribution in [2.75, 3.05) is 33.4 Å². The van der Waals surface area contributed by atoms with Crippen molar-refractivity contribution < 1.29 is 14.3 Å². The topological polar surface area (TPSA) is 106 Å². The molecule has 1 aliphatic rings. The third kappa shape index (κ3) is 5.09. The van der Waals surface area contributed by atoms with Crippen molar-refractivity contribution in [1.29, 1.82) is 0 Å². The summed E-state index contributed by atoms with van der Waals surface area (Å²) in [7, 11) is 1.59. The van der Waals surface area contributed by atoms with Gasteiger partial charge in [-0.2, -0.15) is 5.10 Å². The zero-order chi connectivity index (χ0) is 23.4. The molecule has 9 heteroatoms. The lowest BCUT2D eigenvalue weighted by Gasteiger charge is -2.17. The van der Waals surface area contributed by atoms with E-state index >= 15 is 0 Å². The number of hydrogen-bond acceptors (Lipinski definition) is 6. The molecule has 1 atom stereocenters. The summed E-state index contributed by atoms with van der Waals surface area (Å²) in [6.07, 6.45) is 0.734. The molecule has 1 aliphatic heterocycles. The summed E-state index contributed by atoms with van der Waals surface area (Å²) in [6, 6.07) is 12.4. The van der Waals surface area contributed by atoms with Crippen LogP contribution in [0, 0.1) is 6.92 Å². The maximum atomic E-state index is 12.8. The van der Waals surface area contributed by atoms with Crippen molar-refractivity contribution in [3.63, 3.8) is 0 Å². The SMILES string of the molecule is COCCNC(=O)c1cc(C2CCN(C(=O)Cn3nc(C)ccc3=O)C2)nc2ccccc12. The Balaban J connectivity index is 1.53. The van der Waals surface area contributed by atoms with E-state index in [0.717, 1.165) is 23.0 Å². The van der Waals surface area contributed by atoms with Crippen molar-refractivity contribution in [1.82, 2.24) is 25.0 Å². The Morgan fingerprint density at radius 2 is 2.03 bits per heavy atom. The molecule has 1 unspecified atom stereocenters. The van der Waals surface area contributed by atoms with Gasteiger partial charge in [-0.25, -0.2) is 4.68 Å². The highest BCUT2D eigenvalue weighted by Crippen LogP contribution is 2.29. The number of methoxy groups -OCH3 is 1. The minimum atomic E-state index is -0.301. The molecule has 4 rings (SSSR count). The summed E-state index contributed by atoms with van der Waals surface area (Å²) in [5, 5.41) is 7.81. The number of para-hydroxylation sites is 1. The molecular formula is C24H27N5O4. The number of carbonyl (C=O) groups excluding carboxylic acids is 2. The molecule has 9 nitrogen and oxygen atoms in total. The Morgan fingerprint density at radius 1 is 1.21 bits per heavy atom. The van der Waals surface area contributed by atoms with Crippen LogP contribution in [0.5, 0.6) is 0 Å². The van der Waals surface area contributed by atoms with E-state index in [-0.39, 0.29) is 29.8 Å². The Morgan fingerprint density at radius 3 is 2.85 bits per heavy atom. The zero-order valence-corrected chi connectivity index (χ0v) is 18.8. The van der Waals surface area contributed by atoms with E-state index in [1.807, 2.05) is 30.3 Å². The molecule has 0 bridgehead atoms. The third-order valence-electron chi connectivity index (χ3n) is 5.82. The first kappa shape index (κ1) is 22.6. The van der Waals surface area contributed by atoms with Gasteiger partial charge in [-0.05, 0) is 31.5 Å². The summed E-state index contributed by atoms with van der Waals surface area (Å²) in [4.78, 5) is 44.2. The monoisotopic (exact) mass is 449 g/mol. The highest BCUT2D eigenvalue weighted by molar-refractivity contribution is 6.06. The van der Waals surface area contributed by atoms with Crippen LogP contribution in [-0.2, 0) is 16.1 Å². The molecule has 0 radical (unpaired) electrons. The van der Waals surface area contributed by atoms with Gasteiger partial charge in [0, 0.05) is 49.8 Å². The molecule has 0 aliphatic carbocycles. The molecule has 1 saturated heterocycles. The largest absolute Gasteiger partial charge is 0.383 e. The second-order valence-corrected chi connectivity index (χ2v) is 8.16. The van der Waals surface area contributed by atoms with Crippen LogP contribution in [0.15, 0.2) is 47.3 Å². The first-order valence-corrected chi connectivity index (χ1v) is 11.0. The van der Waals surface area contributed by atoms with E-state index in [2.05, 4.69) is 10.4 Å². The minimum absolute atomic E-state index is 0.00581. The van der Waals surface area contributed by atoms with Crippen LogP contribution in [0.25, 0.3) is 10.9 Å². The fourth-order valence-electron chi connectivity index (χ4n) is 4.08. The number of amides is 2. The van der Waals surface area contributed by atoms with Gasteiger partial charge in [0.25, 0.3) is 11.5 Å². The molecule has 2 aromatic heterocycles. The van der Waals surface area contributed by atoms with Crippen LogP contribution in [0.3, 0.4) is 0 Å². The molecule has 3 heterocycles. The van der Waals surface area contributed by atoms with Gasteiger partial charge in [-0.3, -0.25) is 19.4 Å². The Labute approximate surface area is 191 Å². The average Bonchev–Trinajstić information content (AvgIpc) is 3.31. The van der Waals surface area contributed by atoms with Gasteiger partial charge in [0.15, 0.2) is 0 Å². The number of nitrogens with one attached hydrogen (secondary N) is 1. The zero-order valence-electron chi connectivity index (χ0n) is 18.8. The standard InChI is InChI=1S/C24H27N5O4/c1-16-7-8-22(30)29(27-16)15-23(31)28-11-9-17(14-28)21-13-19(24(32)25-10-12-33-2)18-5-3-4-6-20(18)26-21/h3-8,13,17H,9-12,14-15H2,1-2H3,(H,25,32). The van der Waals surface area contributed by atoms with Gasteiger partial charge < -0.3 is 15.0 Å². The van der Waals surface area contributed by atoms with Crippen LogP contribution < -0.4 is 10.9 Å². The highest BCUT2D eigenvalue weighted by atomic mass is 16.5. The number of hydrogen-bond donors (Lipinski definition) is 1. The lowest BCUT2D eigenvalue weighted by Crippen LogP contribution is -2.36. The maximum absolute atomic E-state index is 12.8. The molecule has 0 spiro atoms. The van der Waals surface area contributed by atoms with Crippen molar-refractivity contribution in [3.05, 3.63) is 69.8 Å². The van der Waals surface area contributed by atoms with Crippen LogP contribution in [0.1, 0.15) is 34.1 Å². The van der Waals surface area contributed by atoms with Crippen LogP contribution in [0.4, 0.5) is 0 Å². The van der Waals surface area contributed by atoms with Gasteiger partial charge in [-0.15, -0.1) is 0 Å². The summed E-state index contributed by atoms with van der Waals surface area (Å²) >= 11 is 0. The smallest absolute Gasteiger partial charge is 0.267 e. The molecule has 2 amide bonds. The number of fused-ring (bicyclic) bond motifs is 1. The molecular weight excluding hydrogens is 422 g/mol. The van der Waals surface area contributed by atoms with E-state index in [4.69, 9.17) is 9.72 Å². The lowest BCUT2D eigenvalue weighted by atomic mass is 9.99. The summed E-state index contributed by atoms with van der Waals surface area (Å²) in [5.74, 6) is -0.329. The van der Waals surface area contributed by atoms with Crippen molar-refractivity contribution >= 4 is 22.7 Å². The van der Waals surface area contributed by atoms with Gasteiger partial charge in [0.05, 0.1) is 23.4 Å². The van der Waals surface area contributed by atoms with E-state index in [0.29, 0.717) is 37.5 Å². The molecule has 3 aromatic rings. The number of nitrogens with zero attached hydrogens (tertiary/aromatic N) is 4. The number of carbonyl (C=O) groups is 2. The van der Waals surface area contributed by atoms with E-state index in [1.54, 1.807) is 25.0 Å².